The molecule has 7 nitrogen and oxygen atoms in total. The first-order valence-electron chi connectivity index (χ1n) is 10.5. The highest BCUT2D eigenvalue weighted by Gasteiger charge is 2.44. The van der Waals surface area contributed by atoms with E-state index in [1.807, 2.05) is 48.5 Å². The number of rotatable bonds is 6. The SMILES string of the molecule is CC(=O)S[C@H](Cc1ccccc1)C(=O)NC1CCc2cccc3c2N(C1=O)[C@H](C(=O)O)C3. The molecule has 2 aromatic rings. The first-order valence-corrected chi connectivity index (χ1v) is 11.4. The van der Waals surface area contributed by atoms with Crippen LogP contribution in [0.3, 0.4) is 0 Å². The molecular weight excluding hydrogens is 428 g/mol. The minimum Gasteiger partial charge on any atom is -0.480 e. The predicted octanol–water partition coefficient (Wildman–Crippen LogP) is 2.35. The monoisotopic (exact) mass is 452 g/mol. The lowest BCUT2D eigenvalue weighted by molar-refractivity contribution is -0.140. The fraction of sp³-hybridized carbons (Fsp3) is 0.333. The standard InChI is InChI=1S/C24H24N2O5S/c1-14(27)32-20(12-15-6-3-2-4-7-15)22(28)25-18-11-10-16-8-5-9-17-13-19(24(30)31)26(21(16)17)23(18)29/h2-9,18-20H,10-13H2,1H3,(H,25,28)(H,30,31)/t18?,19-,20+/m0/s1. The largest absolute Gasteiger partial charge is 0.480 e. The van der Waals surface area contributed by atoms with E-state index in [9.17, 15) is 24.3 Å². The van der Waals surface area contributed by atoms with Crippen LogP contribution in [0, 0.1) is 0 Å². The van der Waals surface area contributed by atoms with Crippen LogP contribution in [0.15, 0.2) is 48.5 Å². The molecule has 0 saturated carbocycles. The van der Waals surface area contributed by atoms with Crippen molar-refractivity contribution in [3.8, 4) is 0 Å². The summed E-state index contributed by atoms with van der Waals surface area (Å²) in [5.74, 6) is -1.88. The zero-order chi connectivity index (χ0) is 22.8. The van der Waals surface area contributed by atoms with Crippen molar-refractivity contribution in [3.05, 3.63) is 65.2 Å². The summed E-state index contributed by atoms with van der Waals surface area (Å²) in [7, 11) is 0. The number of benzene rings is 2. The summed E-state index contributed by atoms with van der Waals surface area (Å²) in [6.07, 6.45) is 1.52. The number of thioether (sulfide) groups is 1. The first kappa shape index (κ1) is 22.1. The van der Waals surface area contributed by atoms with Gasteiger partial charge in [0.2, 0.25) is 11.8 Å². The van der Waals surface area contributed by atoms with Crippen molar-refractivity contribution in [2.75, 3.05) is 4.90 Å². The second-order valence-corrected chi connectivity index (χ2v) is 9.46. The van der Waals surface area contributed by atoms with Crippen molar-refractivity contribution in [3.63, 3.8) is 0 Å². The number of carboxylic acids is 1. The zero-order valence-corrected chi connectivity index (χ0v) is 18.4. The first-order chi connectivity index (χ1) is 15.3. The van der Waals surface area contributed by atoms with E-state index in [1.165, 1.54) is 11.8 Å². The molecule has 2 N–H and O–H groups in total. The van der Waals surface area contributed by atoms with Crippen LogP contribution in [-0.2, 0) is 38.4 Å². The third-order valence-electron chi connectivity index (χ3n) is 5.87. The summed E-state index contributed by atoms with van der Waals surface area (Å²) < 4.78 is 0. The number of hydrogen-bond donors (Lipinski definition) is 2. The molecule has 0 spiro atoms. The molecule has 2 aliphatic rings. The molecule has 166 valence electrons. The van der Waals surface area contributed by atoms with Crippen LogP contribution in [0.25, 0.3) is 0 Å². The van der Waals surface area contributed by atoms with Crippen LogP contribution in [-0.4, -0.2) is 45.3 Å². The smallest absolute Gasteiger partial charge is 0.327 e. The number of carbonyl (C=O) groups is 4. The van der Waals surface area contributed by atoms with Crippen molar-refractivity contribution >= 4 is 40.3 Å². The van der Waals surface area contributed by atoms with Crippen LogP contribution in [0.4, 0.5) is 5.69 Å². The highest BCUT2D eigenvalue weighted by Crippen LogP contribution is 2.39. The highest BCUT2D eigenvalue weighted by atomic mass is 32.2. The molecule has 0 fully saturated rings. The number of carboxylic acid groups (broad SMARTS) is 1. The number of para-hydroxylation sites is 1. The van der Waals surface area contributed by atoms with E-state index in [1.54, 1.807) is 0 Å². The van der Waals surface area contributed by atoms with Crippen LogP contribution in [0.5, 0.6) is 0 Å². The Balaban J connectivity index is 1.57. The van der Waals surface area contributed by atoms with Gasteiger partial charge in [0.25, 0.3) is 0 Å². The number of aliphatic carboxylic acids is 1. The molecule has 3 atom stereocenters. The minimum absolute atomic E-state index is 0.184. The molecule has 8 heteroatoms. The third-order valence-corrected chi connectivity index (χ3v) is 6.87. The Morgan fingerprint density at radius 2 is 1.84 bits per heavy atom. The van der Waals surface area contributed by atoms with Gasteiger partial charge in [-0.3, -0.25) is 19.3 Å². The molecule has 2 aromatic carbocycles. The van der Waals surface area contributed by atoms with E-state index in [2.05, 4.69) is 5.32 Å². The van der Waals surface area contributed by atoms with E-state index in [4.69, 9.17) is 0 Å². The molecule has 1 unspecified atom stereocenters. The number of aryl methyl sites for hydroxylation is 1. The van der Waals surface area contributed by atoms with Crippen LogP contribution < -0.4 is 10.2 Å². The van der Waals surface area contributed by atoms with E-state index >= 15 is 0 Å². The van der Waals surface area contributed by atoms with Gasteiger partial charge in [0.05, 0.1) is 10.9 Å². The van der Waals surface area contributed by atoms with Gasteiger partial charge in [-0.1, -0.05) is 60.3 Å². The van der Waals surface area contributed by atoms with Gasteiger partial charge in [0, 0.05) is 13.3 Å². The molecule has 0 saturated heterocycles. The van der Waals surface area contributed by atoms with Gasteiger partial charge in [-0.2, -0.15) is 0 Å². The Morgan fingerprint density at radius 3 is 2.53 bits per heavy atom. The lowest BCUT2D eigenvalue weighted by Crippen LogP contribution is -2.53. The van der Waals surface area contributed by atoms with Crippen molar-refractivity contribution < 1.29 is 24.3 Å². The lowest BCUT2D eigenvalue weighted by Gasteiger charge is -2.27. The van der Waals surface area contributed by atoms with Gasteiger partial charge in [0.1, 0.15) is 12.1 Å². The third kappa shape index (κ3) is 4.41. The van der Waals surface area contributed by atoms with Crippen molar-refractivity contribution in [1.29, 1.82) is 0 Å². The quantitative estimate of drug-likeness (QED) is 0.697. The summed E-state index contributed by atoms with van der Waals surface area (Å²) in [5, 5.41) is 11.7. The second-order valence-electron chi connectivity index (χ2n) is 8.08. The molecule has 0 aromatic heterocycles. The number of amides is 2. The van der Waals surface area contributed by atoms with Crippen molar-refractivity contribution in [1.82, 2.24) is 5.32 Å². The highest BCUT2D eigenvalue weighted by molar-refractivity contribution is 8.14. The molecule has 0 radical (unpaired) electrons. The Kier molecular flexibility index (Phi) is 6.32. The number of anilines is 1. The molecule has 2 aliphatic heterocycles. The molecule has 32 heavy (non-hydrogen) atoms. The van der Waals surface area contributed by atoms with Gasteiger partial charge in [-0.25, -0.2) is 4.79 Å². The van der Waals surface area contributed by atoms with Crippen molar-refractivity contribution in [2.24, 2.45) is 0 Å². The summed E-state index contributed by atoms with van der Waals surface area (Å²) in [6, 6.07) is 13.2. The van der Waals surface area contributed by atoms with Gasteiger partial charge in [-0.05, 0) is 36.0 Å². The van der Waals surface area contributed by atoms with E-state index < -0.39 is 35.1 Å². The normalized spacial score (nSPS) is 20.3. The van der Waals surface area contributed by atoms with E-state index in [0.717, 1.165) is 28.5 Å². The summed E-state index contributed by atoms with van der Waals surface area (Å²) >= 11 is 0.937. The number of carbonyl (C=O) groups excluding carboxylic acids is 3. The Labute approximate surface area is 190 Å². The van der Waals surface area contributed by atoms with E-state index in [-0.39, 0.29) is 11.5 Å². The van der Waals surface area contributed by atoms with Gasteiger partial charge < -0.3 is 10.4 Å². The van der Waals surface area contributed by atoms with Crippen molar-refractivity contribution in [2.45, 2.75) is 49.9 Å². The maximum absolute atomic E-state index is 13.4. The Morgan fingerprint density at radius 1 is 1.12 bits per heavy atom. The topological polar surface area (TPSA) is 104 Å². The second kappa shape index (κ2) is 9.16. The van der Waals surface area contributed by atoms with Gasteiger partial charge in [-0.15, -0.1) is 0 Å². The minimum atomic E-state index is -1.07. The van der Waals surface area contributed by atoms with Gasteiger partial charge >= 0.3 is 5.97 Å². The molecule has 4 rings (SSSR count). The zero-order valence-electron chi connectivity index (χ0n) is 17.6. The van der Waals surface area contributed by atoms with E-state index in [0.29, 0.717) is 24.9 Å². The lowest BCUT2D eigenvalue weighted by atomic mass is 10.0. The maximum Gasteiger partial charge on any atom is 0.327 e. The molecule has 2 amide bonds. The Hall–Kier alpha value is -3.13. The Bertz CT molecular complexity index is 1070. The average Bonchev–Trinajstić information content (AvgIpc) is 3.10. The molecule has 2 heterocycles. The molecule has 0 bridgehead atoms. The number of nitrogens with zero attached hydrogens (tertiary/aromatic N) is 1. The summed E-state index contributed by atoms with van der Waals surface area (Å²) in [5.41, 5.74) is 3.33. The van der Waals surface area contributed by atoms with Gasteiger partial charge in [0.15, 0.2) is 5.12 Å². The molecular formula is C24H24N2O5S. The summed E-state index contributed by atoms with van der Waals surface area (Å²) in [4.78, 5) is 51.5. The predicted molar refractivity (Wildman–Crippen MR) is 122 cm³/mol. The van der Waals surface area contributed by atoms with Crippen LogP contribution >= 0.6 is 11.8 Å². The maximum atomic E-state index is 13.4. The number of nitrogens with one attached hydrogen (secondary N) is 1. The average molecular weight is 453 g/mol. The van der Waals surface area contributed by atoms with Crippen LogP contribution in [0.2, 0.25) is 0 Å². The number of hydrogen-bond acceptors (Lipinski definition) is 5. The fourth-order valence-corrected chi connectivity index (χ4v) is 5.30. The van der Waals surface area contributed by atoms with Crippen LogP contribution in [0.1, 0.15) is 30.0 Å². The fourth-order valence-electron chi connectivity index (χ4n) is 4.44. The summed E-state index contributed by atoms with van der Waals surface area (Å²) in [6.45, 7) is 1.41. The molecule has 0 aliphatic carbocycles.